The molecule has 0 bridgehead atoms. The molecule has 15 heavy (non-hydrogen) atoms. The van der Waals surface area contributed by atoms with Crippen LogP contribution < -0.4 is 0 Å². The topological polar surface area (TPSA) is 57.0 Å². The zero-order chi connectivity index (χ0) is 10.7. The van der Waals surface area contributed by atoms with E-state index in [0.717, 1.165) is 25.9 Å². The highest BCUT2D eigenvalue weighted by Gasteiger charge is 2.19. The fraction of sp³-hybridized carbons (Fsp3) is 0.364. The van der Waals surface area contributed by atoms with Crippen molar-refractivity contribution in [2.75, 3.05) is 13.1 Å². The number of hydrogen-bond donors (Lipinski definition) is 0. The first-order valence-corrected chi connectivity index (χ1v) is 4.95. The Kier molecular flexibility index (Phi) is 2.64. The first-order chi connectivity index (χ1) is 7.31. The minimum atomic E-state index is -0.0166. The van der Waals surface area contributed by atoms with Gasteiger partial charge in [-0.1, -0.05) is 0 Å². The highest BCUT2D eigenvalue weighted by Crippen LogP contribution is 2.12. The molecule has 1 aliphatic rings. The van der Waals surface area contributed by atoms with E-state index in [-0.39, 0.29) is 5.91 Å². The minimum absolute atomic E-state index is 0.0166. The van der Waals surface area contributed by atoms with Gasteiger partial charge in [-0.2, -0.15) is 5.26 Å². The third-order valence-electron chi connectivity index (χ3n) is 2.51. The molecule has 0 N–H and O–H groups in total. The van der Waals surface area contributed by atoms with Gasteiger partial charge >= 0.3 is 0 Å². The zero-order valence-corrected chi connectivity index (χ0v) is 8.31. The summed E-state index contributed by atoms with van der Waals surface area (Å²) in [6.45, 7) is 1.63. The molecule has 4 heteroatoms. The van der Waals surface area contributed by atoms with Crippen LogP contribution in [0.5, 0.6) is 0 Å². The third-order valence-corrected chi connectivity index (χ3v) is 2.51. The Bertz CT molecular complexity index is 416. The maximum absolute atomic E-state index is 11.9. The molecule has 0 unspecified atom stereocenters. The largest absolute Gasteiger partial charge is 0.339 e. The molecule has 76 valence electrons. The Balaban J connectivity index is 2.21. The molecule has 0 aliphatic carbocycles. The van der Waals surface area contributed by atoms with Crippen LogP contribution in [-0.4, -0.2) is 28.9 Å². The molecular weight excluding hydrogens is 190 g/mol. The summed E-state index contributed by atoms with van der Waals surface area (Å²) in [6, 6.07) is 3.57. The lowest BCUT2D eigenvalue weighted by molar-refractivity contribution is 0.0792. The van der Waals surface area contributed by atoms with Gasteiger partial charge in [0.25, 0.3) is 5.91 Å². The second kappa shape index (κ2) is 4.09. The Morgan fingerprint density at radius 3 is 2.80 bits per heavy atom. The molecule has 1 aromatic rings. The van der Waals surface area contributed by atoms with Crippen LogP contribution in [0.25, 0.3) is 0 Å². The predicted octanol–water partition coefficient (Wildman–Crippen LogP) is 1.19. The smallest absolute Gasteiger partial charge is 0.255 e. The number of nitrogens with zero attached hydrogens (tertiary/aromatic N) is 3. The molecule has 1 aliphatic heterocycles. The first kappa shape index (κ1) is 9.66. The molecule has 1 saturated heterocycles. The van der Waals surface area contributed by atoms with Gasteiger partial charge < -0.3 is 4.90 Å². The van der Waals surface area contributed by atoms with Gasteiger partial charge in [-0.3, -0.25) is 9.78 Å². The molecule has 2 rings (SSSR count). The van der Waals surface area contributed by atoms with E-state index in [1.165, 1.54) is 12.4 Å². The lowest BCUT2D eigenvalue weighted by Crippen LogP contribution is -2.27. The van der Waals surface area contributed by atoms with Crippen molar-refractivity contribution in [3.8, 4) is 6.07 Å². The molecule has 2 heterocycles. The monoisotopic (exact) mass is 201 g/mol. The SMILES string of the molecule is N#Cc1cncc(C(=O)N2CCCC2)c1. The molecule has 0 atom stereocenters. The summed E-state index contributed by atoms with van der Waals surface area (Å²) in [5.74, 6) is -0.0166. The molecule has 1 amide bonds. The third kappa shape index (κ3) is 1.96. The highest BCUT2D eigenvalue weighted by molar-refractivity contribution is 5.94. The summed E-state index contributed by atoms with van der Waals surface area (Å²) in [5.41, 5.74) is 0.941. The van der Waals surface area contributed by atoms with Crippen molar-refractivity contribution < 1.29 is 4.79 Å². The molecular formula is C11H11N3O. The van der Waals surface area contributed by atoms with Crippen molar-refractivity contribution in [2.24, 2.45) is 0 Å². The van der Waals surface area contributed by atoms with E-state index in [1.54, 1.807) is 11.0 Å². The van der Waals surface area contributed by atoms with E-state index in [2.05, 4.69) is 4.98 Å². The Morgan fingerprint density at radius 1 is 1.40 bits per heavy atom. The summed E-state index contributed by atoms with van der Waals surface area (Å²) in [7, 11) is 0. The summed E-state index contributed by atoms with van der Waals surface area (Å²) in [5, 5.41) is 8.69. The number of pyridine rings is 1. The van der Waals surface area contributed by atoms with Crippen molar-refractivity contribution in [1.82, 2.24) is 9.88 Å². The molecule has 0 aromatic carbocycles. The number of nitriles is 1. The van der Waals surface area contributed by atoms with Gasteiger partial charge in [-0.05, 0) is 18.9 Å². The maximum atomic E-state index is 11.9. The Morgan fingerprint density at radius 2 is 2.13 bits per heavy atom. The van der Waals surface area contributed by atoms with Gasteiger partial charge in [-0.15, -0.1) is 0 Å². The molecule has 0 radical (unpaired) electrons. The van der Waals surface area contributed by atoms with Gasteiger partial charge in [0.2, 0.25) is 0 Å². The summed E-state index contributed by atoms with van der Waals surface area (Å²) >= 11 is 0. The number of aromatic nitrogens is 1. The van der Waals surface area contributed by atoms with Crippen molar-refractivity contribution in [3.05, 3.63) is 29.6 Å². The standard InChI is InChI=1S/C11H11N3O/c12-6-9-5-10(8-13-7-9)11(15)14-3-1-2-4-14/h5,7-8H,1-4H2. The lowest BCUT2D eigenvalue weighted by atomic mass is 10.2. The van der Waals surface area contributed by atoms with Gasteiger partial charge in [0.05, 0.1) is 11.1 Å². The van der Waals surface area contributed by atoms with E-state index >= 15 is 0 Å². The molecule has 4 nitrogen and oxygen atoms in total. The van der Waals surface area contributed by atoms with Gasteiger partial charge in [-0.25, -0.2) is 0 Å². The van der Waals surface area contributed by atoms with Crippen molar-refractivity contribution >= 4 is 5.91 Å². The second-order valence-electron chi connectivity index (χ2n) is 3.57. The molecule has 0 spiro atoms. The Hall–Kier alpha value is -1.89. The van der Waals surface area contributed by atoms with Gasteiger partial charge in [0.1, 0.15) is 6.07 Å². The van der Waals surface area contributed by atoms with E-state index in [9.17, 15) is 4.79 Å². The van der Waals surface area contributed by atoms with E-state index in [1.807, 2.05) is 6.07 Å². The van der Waals surface area contributed by atoms with Crippen LogP contribution in [0.1, 0.15) is 28.8 Å². The fourth-order valence-electron chi connectivity index (χ4n) is 1.72. The number of likely N-dealkylation sites (tertiary alicyclic amines) is 1. The van der Waals surface area contributed by atoms with Crippen LogP contribution in [0.15, 0.2) is 18.5 Å². The molecule has 0 saturated carbocycles. The van der Waals surface area contributed by atoms with E-state index in [4.69, 9.17) is 5.26 Å². The van der Waals surface area contributed by atoms with Crippen LogP contribution in [0.3, 0.4) is 0 Å². The number of amides is 1. The number of carbonyl (C=O) groups excluding carboxylic acids is 1. The first-order valence-electron chi connectivity index (χ1n) is 4.95. The van der Waals surface area contributed by atoms with Crippen LogP contribution >= 0.6 is 0 Å². The Labute approximate surface area is 88.1 Å². The van der Waals surface area contributed by atoms with Gasteiger partial charge in [0.15, 0.2) is 0 Å². The number of hydrogen-bond acceptors (Lipinski definition) is 3. The average Bonchev–Trinajstić information content (AvgIpc) is 2.81. The van der Waals surface area contributed by atoms with E-state index < -0.39 is 0 Å². The van der Waals surface area contributed by atoms with Crippen LogP contribution in [-0.2, 0) is 0 Å². The average molecular weight is 201 g/mol. The van der Waals surface area contributed by atoms with Crippen LogP contribution in [0.2, 0.25) is 0 Å². The van der Waals surface area contributed by atoms with Crippen LogP contribution in [0, 0.1) is 11.3 Å². The summed E-state index contributed by atoms with van der Waals surface area (Å²) in [6.07, 6.45) is 5.11. The molecule has 1 fully saturated rings. The number of carbonyl (C=O) groups is 1. The van der Waals surface area contributed by atoms with E-state index in [0.29, 0.717) is 11.1 Å². The predicted molar refractivity (Wildman–Crippen MR) is 54.1 cm³/mol. The maximum Gasteiger partial charge on any atom is 0.255 e. The summed E-state index contributed by atoms with van der Waals surface area (Å²) in [4.78, 5) is 17.6. The lowest BCUT2D eigenvalue weighted by Gasteiger charge is -2.14. The zero-order valence-electron chi connectivity index (χ0n) is 8.31. The highest BCUT2D eigenvalue weighted by atomic mass is 16.2. The second-order valence-corrected chi connectivity index (χ2v) is 3.57. The molecule has 1 aromatic heterocycles. The fourth-order valence-corrected chi connectivity index (χ4v) is 1.72. The quantitative estimate of drug-likeness (QED) is 0.685. The number of rotatable bonds is 1. The van der Waals surface area contributed by atoms with Crippen LogP contribution in [0.4, 0.5) is 0 Å². The minimum Gasteiger partial charge on any atom is -0.339 e. The van der Waals surface area contributed by atoms with Gasteiger partial charge in [0, 0.05) is 25.5 Å². The van der Waals surface area contributed by atoms with Crippen molar-refractivity contribution in [2.45, 2.75) is 12.8 Å². The van der Waals surface area contributed by atoms with Crippen molar-refractivity contribution in [3.63, 3.8) is 0 Å². The normalized spacial score (nSPS) is 15.0. The summed E-state index contributed by atoms with van der Waals surface area (Å²) < 4.78 is 0. The van der Waals surface area contributed by atoms with Crippen molar-refractivity contribution in [1.29, 1.82) is 5.26 Å².